The summed E-state index contributed by atoms with van der Waals surface area (Å²) in [5.41, 5.74) is 1.13. The summed E-state index contributed by atoms with van der Waals surface area (Å²) in [5, 5.41) is 10.2. The highest BCUT2D eigenvalue weighted by Crippen LogP contribution is 2.36. The molecule has 4 nitrogen and oxygen atoms in total. The number of esters is 1. The molecule has 0 saturated carbocycles. The summed E-state index contributed by atoms with van der Waals surface area (Å²) in [6.45, 7) is 2.30. The van der Waals surface area contributed by atoms with Gasteiger partial charge in [0.1, 0.15) is 0 Å². The molecule has 0 spiro atoms. The Morgan fingerprint density at radius 3 is 2.60 bits per heavy atom. The molecule has 0 radical (unpaired) electrons. The first-order valence-electron chi connectivity index (χ1n) is 9.71. The average Bonchev–Trinajstić information content (AvgIpc) is 2.65. The van der Waals surface area contributed by atoms with Gasteiger partial charge in [0.25, 0.3) is 0 Å². The van der Waals surface area contributed by atoms with E-state index >= 15 is 0 Å². The number of methoxy groups -OCH3 is 1. The lowest BCUT2D eigenvalue weighted by Crippen LogP contribution is -2.50. The van der Waals surface area contributed by atoms with Gasteiger partial charge in [0.05, 0.1) is 26.2 Å². The summed E-state index contributed by atoms with van der Waals surface area (Å²) < 4.78 is 4.93. The zero-order valence-electron chi connectivity index (χ0n) is 15.7. The maximum atomic E-state index is 11.9. The molecule has 25 heavy (non-hydrogen) atoms. The number of hydrogen-bond donors (Lipinski definition) is 1. The molecule has 2 rings (SSSR count). The van der Waals surface area contributed by atoms with Crippen molar-refractivity contribution in [1.29, 1.82) is 0 Å². The minimum absolute atomic E-state index is 0.0530. The lowest BCUT2D eigenvalue weighted by Gasteiger charge is -2.46. The number of likely N-dealkylation sites (tertiary alicyclic amines) is 1. The highest BCUT2D eigenvalue weighted by atomic mass is 16.5. The SMILES string of the molecule is CCCCC[C@H]1CCC[C@@H](CC(=O)OC)N1[C@@H](CO)c1ccccc1. The second kappa shape index (κ2) is 10.6. The van der Waals surface area contributed by atoms with Crippen molar-refractivity contribution in [2.75, 3.05) is 13.7 Å². The molecule has 3 atom stereocenters. The van der Waals surface area contributed by atoms with Crippen LogP contribution in [0.25, 0.3) is 0 Å². The lowest BCUT2D eigenvalue weighted by molar-refractivity contribution is -0.143. The predicted molar refractivity (Wildman–Crippen MR) is 100 cm³/mol. The van der Waals surface area contributed by atoms with Crippen molar-refractivity contribution >= 4 is 5.97 Å². The van der Waals surface area contributed by atoms with Crippen molar-refractivity contribution in [2.24, 2.45) is 0 Å². The van der Waals surface area contributed by atoms with E-state index in [1.165, 1.54) is 26.4 Å². The molecule has 0 aromatic heterocycles. The molecular formula is C21H33NO3. The normalized spacial score (nSPS) is 22.5. The third kappa shape index (κ3) is 5.55. The van der Waals surface area contributed by atoms with E-state index in [1.54, 1.807) is 0 Å². The number of ether oxygens (including phenoxy) is 1. The third-order valence-electron chi connectivity index (χ3n) is 5.41. The summed E-state index contributed by atoms with van der Waals surface area (Å²) in [6, 6.07) is 10.7. The molecule has 140 valence electrons. The molecular weight excluding hydrogens is 314 g/mol. The van der Waals surface area contributed by atoms with Gasteiger partial charge in [-0.25, -0.2) is 0 Å². The number of piperidine rings is 1. The van der Waals surface area contributed by atoms with Crippen molar-refractivity contribution in [3.8, 4) is 0 Å². The van der Waals surface area contributed by atoms with E-state index in [0.29, 0.717) is 12.5 Å². The quantitative estimate of drug-likeness (QED) is 0.540. The molecule has 1 aromatic carbocycles. The van der Waals surface area contributed by atoms with Crippen molar-refractivity contribution in [3.05, 3.63) is 35.9 Å². The molecule has 1 N–H and O–H groups in total. The monoisotopic (exact) mass is 347 g/mol. The Morgan fingerprint density at radius 2 is 1.96 bits per heavy atom. The Morgan fingerprint density at radius 1 is 1.24 bits per heavy atom. The number of aliphatic hydroxyl groups is 1. The van der Waals surface area contributed by atoms with Crippen molar-refractivity contribution in [2.45, 2.75) is 76.4 Å². The molecule has 1 aliphatic heterocycles. The van der Waals surface area contributed by atoms with Crippen LogP contribution >= 0.6 is 0 Å². The van der Waals surface area contributed by atoms with Gasteiger partial charge in [-0.2, -0.15) is 0 Å². The molecule has 0 unspecified atom stereocenters. The number of benzene rings is 1. The van der Waals surface area contributed by atoms with Crippen LogP contribution in [0.4, 0.5) is 0 Å². The minimum Gasteiger partial charge on any atom is -0.469 e. The van der Waals surface area contributed by atoms with E-state index in [-0.39, 0.29) is 24.7 Å². The van der Waals surface area contributed by atoms with Crippen molar-refractivity contribution in [1.82, 2.24) is 4.90 Å². The van der Waals surface area contributed by atoms with E-state index in [4.69, 9.17) is 4.74 Å². The zero-order valence-corrected chi connectivity index (χ0v) is 15.7. The van der Waals surface area contributed by atoms with Crippen molar-refractivity contribution < 1.29 is 14.6 Å². The Balaban J connectivity index is 2.24. The fourth-order valence-corrected chi connectivity index (χ4v) is 4.15. The number of aliphatic hydroxyl groups excluding tert-OH is 1. The van der Waals surface area contributed by atoms with Crippen LogP contribution in [0, 0.1) is 0 Å². The van der Waals surface area contributed by atoms with E-state index in [9.17, 15) is 9.90 Å². The van der Waals surface area contributed by atoms with Gasteiger partial charge in [0.2, 0.25) is 0 Å². The Labute approximate surface area is 152 Å². The smallest absolute Gasteiger partial charge is 0.307 e. The molecule has 1 aliphatic rings. The first-order valence-corrected chi connectivity index (χ1v) is 9.71. The summed E-state index contributed by atoms with van der Waals surface area (Å²) in [4.78, 5) is 14.4. The van der Waals surface area contributed by atoms with Gasteiger partial charge >= 0.3 is 5.97 Å². The van der Waals surface area contributed by atoms with Crippen molar-refractivity contribution in [3.63, 3.8) is 0 Å². The Kier molecular flexibility index (Phi) is 8.42. The zero-order chi connectivity index (χ0) is 18.1. The highest BCUT2D eigenvalue weighted by Gasteiger charge is 2.36. The molecule has 4 heteroatoms. The highest BCUT2D eigenvalue weighted by molar-refractivity contribution is 5.69. The van der Waals surface area contributed by atoms with Gasteiger partial charge in [-0.1, -0.05) is 62.9 Å². The van der Waals surface area contributed by atoms with Gasteiger partial charge in [0, 0.05) is 12.1 Å². The maximum absolute atomic E-state index is 11.9. The van der Waals surface area contributed by atoms with Crippen LogP contribution in [0.1, 0.15) is 69.9 Å². The van der Waals surface area contributed by atoms with E-state index in [0.717, 1.165) is 31.2 Å². The summed E-state index contributed by atoms with van der Waals surface area (Å²) in [7, 11) is 1.45. The number of unbranched alkanes of at least 4 members (excludes halogenated alkanes) is 2. The first-order chi connectivity index (χ1) is 12.2. The van der Waals surface area contributed by atoms with Crippen LogP contribution in [0.3, 0.4) is 0 Å². The number of carbonyl (C=O) groups is 1. The second-order valence-electron chi connectivity index (χ2n) is 7.07. The van der Waals surface area contributed by atoms with Gasteiger partial charge in [-0.05, 0) is 24.8 Å². The van der Waals surface area contributed by atoms with E-state index in [1.807, 2.05) is 18.2 Å². The number of nitrogens with zero attached hydrogens (tertiary/aromatic N) is 1. The molecule has 1 aromatic rings. The molecule has 1 saturated heterocycles. The summed E-state index contributed by atoms with van der Waals surface area (Å²) in [5.74, 6) is -0.158. The molecule has 1 heterocycles. The molecule has 0 aliphatic carbocycles. The number of hydrogen-bond acceptors (Lipinski definition) is 4. The van der Waals surface area contributed by atoms with E-state index < -0.39 is 0 Å². The fraction of sp³-hybridized carbons (Fsp3) is 0.667. The topological polar surface area (TPSA) is 49.8 Å². The first kappa shape index (κ1) is 19.9. The molecule has 0 amide bonds. The van der Waals surface area contributed by atoms with Gasteiger partial charge in [-0.15, -0.1) is 0 Å². The third-order valence-corrected chi connectivity index (χ3v) is 5.41. The van der Waals surface area contributed by atoms with Gasteiger partial charge in [0.15, 0.2) is 0 Å². The van der Waals surface area contributed by atoms with Crippen LogP contribution in [-0.4, -0.2) is 41.8 Å². The standard InChI is InChI=1S/C21H33NO3/c1-3-4-6-12-18-13-9-14-19(15-21(24)25-2)22(18)20(16-23)17-10-7-5-8-11-17/h5,7-8,10-11,18-20,23H,3-4,6,9,12-16H2,1-2H3/t18-,19-,20-/m0/s1. The summed E-state index contributed by atoms with van der Waals surface area (Å²) in [6.07, 6.45) is 8.46. The fourth-order valence-electron chi connectivity index (χ4n) is 4.15. The van der Waals surface area contributed by atoms with Crippen LogP contribution in [0.5, 0.6) is 0 Å². The lowest BCUT2D eigenvalue weighted by atomic mass is 9.87. The number of rotatable bonds is 9. The largest absolute Gasteiger partial charge is 0.469 e. The van der Waals surface area contributed by atoms with Crippen LogP contribution < -0.4 is 0 Å². The van der Waals surface area contributed by atoms with Crippen LogP contribution in [0.2, 0.25) is 0 Å². The average molecular weight is 347 g/mol. The van der Waals surface area contributed by atoms with Gasteiger partial charge < -0.3 is 9.84 Å². The van der Waals surface area contributed by atoms with E-state index in [2.05, 4.69) is 24.0 Å². The Bertz CT molecular complexity index is 505. The predicted octanol–water partition coefficient (Wildman–Crippen LogP) is 4.09. The molecule has 0 bridgehead atoms. The van der Waals surface area contributed by atoms with Crippen LogP contribution in [-0.2, 0) is 9.53 Å². The molecule has 1 fully saturated rings. The minimum atomic E-state index is -0.158. The Hall–Kier alpha value is -1.39. The van der Waals surface area contributed by atoms with Gasteiger partial charge in [-0.3, -0.25) is 9.69 Å². The van der Waals surface area contributed by atoms with Crippen LogP contribution in [0.15, 0.2) is 30.3 Å². The number of carbonyl (C=O) groups excluding carboxylic acids is 1. The maximum Gasteiger partial charge on any atom is 0.307 e. The second-order valence-corrected chi connectivity index (χ2v) is 7.07. The summed E-state index contributed by atoms with van der Waals surface area (Å²) >= 11 is 0.